The molecule has 124 valence electrons. The van der Waals surface area contributed by atoms with Crippen LogP contribution in [0.25, 0.3) is 11.4 Å². The van der Waals surface area contributed by atoms with Crippen LogP contribution in [-0.2, 0) is 11.2 Å². The van der Waals surface area contributed by atoms with Crippen molar-refractivity contribution in [1.82, 2.24) is 15.5 Å². The minimum atomic E-state index is 0.0142. The fourth-order valence-electron chi connectivity index (χ4n) is 2.16. The Bertz CT molecular complexity index is 632. The molecule has 1 aromatic carbocycles. The number of carbonyl (C=O) groups excluding carboxylic acids is 1. The summed E-state index contributed by atoms with van der Waals surface area (Å²) in [6.45, 7) is 8.35. The van der Waals surface area contributed by atoms with Gasteiger partial charge in [-0.3, -0.25) is 4.79 Å². The molecule has 1 N–H and O–H groups in total. The van der Waals surface area contributed by atoms with Gasteiger partial charge in [-0.2, -0.15) is 4.98 Å². The van der Waals surface area contributed by atoms with Crippen LogP contribution in [0, 0.1) is 0 Å². The van der Waals surface area contributed by atoms with E-state index >= 15 is 0 Å². The van der Waals surface area contributed by atoms with Crippen molar-refractivity contribution in [1.29, 1.82) is 0 Å². The van der Waals surface area contributed by atoms with E-state index < -0.39 is 0 Å². The summed E-state index contributed by atoms with van der Waals surface area (Å²) in [7, 11) is 0. The molecule has 0 aliphatic heterocycles. The van der Waals surface area contributed by atoms with Gasteiger partial charge in [-0.15, -0.1) is 0 Å². The van der Waals surface area contributed by atoms with Crippen molar-refractivity contribution in [2.75, 3.05) is 0 Å². The fraction of sp³-hybridized carbons (Fsp3) is 0.500. The predicted molar refractivity (Wildman–Crippen MR) is 90.0 cm³/mol. The Labute approximate surface area is 137 Å². The fourth-order valence-corrected chi connectivity index (χ4v) is 2.16. The monoisotopic (exact) mass is 315 g/mol. The van der Waals surface area contributed by atoms with Crippen molar-refractivity contribution < 1.29 is 9.32 Å². The van der Waals surface area contributed by atoms with Gasteiger partial charge in [0.25, 0.3) is 0 Å². The van der Waals surface area contributed by atoms with Gasteiger partial charge in [0, 0.05) is 24.4 Å². The summed E-state index contributed by atoms with van der Waals surface area (Å²) in [5, 5.41) is 6.92. The Balaban J connectivity index is 1.94. The van der Waals surface area contributed by atoms with Crippen LogP contribution in [0.5, 0.6) is 0 Å². The van der Waals surface area contributed by atoms with Crippen molar-refractivity contribution in [2.24, 2.45) is 0 Å². The Kier molecular flexibility index (Phi) is 5.90. The first-order chi connectivity index (χ1) is 11.0. The Morgan fingerprint density at radius 2 is 1.91 bits per heavy atom. The molecule has 0 spiro atoms. The standard InChI is InChI=1S/C18H25N3O2/c1-5-13(4)19-16(22)10-11-17-20-18(21-23-17)15-8-6-14(7-9-15)12(2)3/h6-9,12-13H,5,10-11H2,1-4H3,(H,19,22)/t13-/m1/s1. The number of hydrogen-bond acceptors (Lipinski definition) is 4. The van der Waals surface area contributed by atoms with Crippen LogP contribution >= 0.6 is 0 Å². The van der Waals surface area contributed by atoms with E-state index in [1.165, 1.54) is 5.56 Å². The number of aromatic nitrogens is 2. The first kappa shape index (κ1) is 17.2. The number of nitrogens with zero attached hydrogens (tertiary/aromatic N) is 2. The van der Waals surface area contributed by atoms with E-state index in [4.69, 9.17) is 4.52 Å². The number of amides is 1. The first-order valence-corrected chi connectivity index (χ1v) is 8.21. The van der Waals surface area contributed by atoms with Crippen LogP contribution in [-0.4, -0.2) is 22.1 Å². The van der Waals surface area contributed by atoms with E-state index in [9.17, 15) is 4.79 Å². The zero-order valence-corrected chi connectivity index (χ0v) is 14.3. The van der Waals surface area contributed by atoms with Gasteiger partial charge < -0.3 is 9.84 Å². The molecular formula is C18H25N3O2. The highest BCUT2D eigenvalue weighted by atomic mass is 16.5. The lowest BCUT2D eigenvalue weighted by Gasteiger charge is -2.10. The summed E-state index contributed by atoms with van der Waals surface area (Å²) in [5.74, 6) is 1.57. The maximum atomic E-state index is 11.8. The average Bonchev–Trinajstić information content (AvgIpc) is 3.02. The SMILES string of the molecule is CC[C@@H](C)NC(=O)CCc1nc(-c2ccc(C(C)C)cc2)no1. The molecular weight excluding hydrogens is 290 g/mol. The quantitative estimate of drug-likeness (QED) is 0.845. The maximum Gasteiger partial charge on any atom is 0.227 e. The molecule has 1 amide bonds. The molecule has 0 radical (unpaired) electrons. The van der Waals surface area contributed by atoms with E-state index in [2.05, 4.69) is 41.4 Å². The lowest BCUT2D eigenvalue weighted by Crippen LogP contribution is -2.32. The molecule has 0 bridgehead atoms. The summed E-state index contributed by atoms with van der Waals surface area (Å²) in [6, 6.07) is 8.35. The van der Waals surface area contributed by atoms with Gasteiger partial charge in [-0.1, -0.05) is 50.2 Å². The van der Waals surface area contributed by atoms with Gasteiger partial charge in [0.15, 0.2) is 0 Å². The summed E-state index contributed by atoms with van der Waals surface area (Å²) < 4.78 is 5.24. The van der Waals surface area contributed by atoms with E-state index in [1.54, 1.807) is 0 Å². The zero-order chi connectivity index (χ0) is 16.8. The highest BCUT2D eigenvalue weighted by Crippen LogP contribution is 2.20. The van der Waals surface area contributed by atoms with E-state index in [0.717, 1.165) is 12.0 Å². The average molecular weight is 315 g/mol. The van der Waals surface area contributed by atoms with Gasteiger partial charge >= 0.3 is 0 Å². The number of nitrogens with one attached hydrogen (secondary N) is 1. The molecule has 5 nitrogen and oxygen atoms in total. The molecule has 5 heteroatoms. The first-order valence-electron chi connectivity index (χ1n) is 8.21. The molecule has 2 aromatic rings. The summed E-state index contributed by atoms with van der Waals surface area (Å²) in [5.41, 5.74) is 2.20. The molecule has 1 aromatic heterocycles. The van der Waals surface area contributed by atoms with E-state index in [1.807, 2.05) is 26.0 Å². The van der Waals surface area contributed by atoms with Crippen molar-refractivity contribution in [3.05, 3.63) is 35.7 Å². The minimum Gasteiger partial charge on any atom is -0.354 e. The van der Waals surface area contributed by atoms with Crippen LogP contribution < -0.4 is 5.32 Å². The molecule has 23 heavy (non-hydrogen) atoms. The van der Waals surface area contributed by atoms with Crippen molar-refractivity contribution >= 4 is 5.91 Å². The van der Waals surface area contributed by atoms with Crippen LogP contribution in [0.4, 0.5) is 0 Å². The molecule has 0 aliphatic rings. The molecule has 1 heterocycles. The van der Waals surface area contributed by atoms with Gasteiger partial charge in [0.2, 0.25) is 17.6 Å². The predicted octanol–water partition coefficient (Wildman–Crippen LogP) is 3.71. The Morgan fingerprint density at radius 1 is 1.22 bits per heavy atom. The van der Waals surface area contributed by atoms with Gasteiger partial charge in [-0.05, 0) is 24.8 Å². The molecule has 0 unspecified atom stereocenters. The van der Waals surface area contributed by atoms with Gasteiger partial charge in [-0.25, -0.2) is 0 Å². The Hall–Kier alpha value is -2.17. The highest BCUT2D eigenvalue weighted by molar-refractivity contribution is 5.76. The number of aryl methyl sites for hydroxylation is 1. The van der Waals surface area contributed by atoms with Gasteiger partial charge in [0.05, 0.1) is 0 Å². The molecule has 0 saturated heterocycles. The highest BCUT2D eigenvalue weighted by Gasteiger charge is 2.12. The summed E-state index contributed by atoms with van der Waals surface area (Å²) in [4.78, 5) is 16.1. The summed E-state index contributed by atoms with van der Waals surface area (Å²) in [6.07, 6.45) is 1.74. The van der Waals surface area contributed by atoms with Crippen LogP contribution in [0.2, 0.25) is 0 Å². The third-order valence-corrected chi connectivity index (χ3v) is 3.89. The molecule has 0 fully saturated rings. The lowest BCUT2D eigenvalue weighted by atomic mass is 10.0. The normalized spacial score (nSPS) is 12.4. The van der Waals surface area contributed by atoms with Crippen LogP contribution in [0.15, 0.2) is 28.8 Å². The third kappa shape index (κ3) is 4.91. The third-order valence-electron chi connectivity index (χ3n) is 3.89. The molecule has 0 aliphatic carbocycles. The summed E-state index contributed by atoms with van der Waals surface area (Å²) >= 11 is 0. The molecule has 2 rings (SSSR count). The zero-order valence-electron chi connectivity index (χ0n) is 14.3. The van der Waals surface area contributed by atoms with Crippen molar-refractivity contribution in [3.63, 3.8) is 0 Å². The minimum absolute atomic E-state index is 0.0142. The molecule has 1 atom stereocenters. The smallest absolute Gasteiger partial charge is 0.227 e. The second kappa shape index (κ2) is 7.90. The van der Waals surface area contributed by atoms with Crippen LogP contribution in [0.3, 0.4) is 0 Å². The molecule has 0 saturated carbocycles. The second-order valence-electron chi connectivity index (χ2n) is 6.17. The second-order valence-corrected chi connectivity index (χ2v) is 6.17. The number of benzene rings is 1. The topological polar surface area (TPSA) is 68.0 Å². The number of rotatable bonds is 7. The maximum absolute atomic E-state index is 11.8. The largest absolute Gasteiger partial charge is 0.354 e. The Morgan fingerprint density at radius 3 is 2.52 bits per heavy atom. The van der Waals surface area contributed by atoms with Gasteiger partial charge in [0.1, 0.15) is 0 Å². The van der Waals surface area contributed by atoms with Crippen molar-refractivity contribution in [2.45, 2.75) is 58.9 Å². The van der Waals surface area contributed by atoms with E-state index in [0.29, 0.717) is 30.5 Å². The van der Waals surface area contributed by atoms with Crippen LogP contribution in [0.1, 0.15) is 57.9 Å². The van der Waals surface area contributed by atoms with E-state index in [-0.39, 0.29) is 11.9 Å². The lowest BCUT2D eigenvalue weighted by molar-refractivity contribution is -0.121. The van der Waals surface area contributed by atoms with Crippen molar-refractivity contribution in [3.8, 4) is 11.4 Å². The number of hydrogen-bond donors (Lipinski definition) is 1. The number of carbonyl (C=O) groups is 1.